The summed E-state index contributed by atoms with van der Waals surface area (Å²) in [5.74, 6) is -2.49. The van der Waals surface area contributed by atoms with Crippen LogP contribution in [-0.2, 0) is 9.59 Å². The van der Waals surface area contributed by atoms with Gasteiger partial charge in [-0.3, -0.25) is 0 Å². The molecule has 0 radical (unpaired) electrons. The largest absolute Gasteiger partial charge is 1.00 e. The summed E-state index contributed by atoms with van der Waals surface area (Å²) in [6.07, 6.45) is -0.419. The Morgan fingerprint density at radius 2 is 1.62 bits per heavy atom. The van der Waals surface area contributed by atoms with Crippen LogP contribution in [0.25, 0.3) is 0 Å². The van der Waals surface area contributed by atoms with Crippen LogP contribution < -0.4 is 75.1 Å². The molecule has 0 bridgehead atoms. The topological polar surface area (TPSA) is 106 Å². The van der Waals surface area contributed by atoms with E-state index in [0.717, 1.165) is 0 Å². The summed E-state index contributed by atoms with van der Waals surface area (Å²) in [4.78, 5) is 19.8. The van der Waals surface area contributed by atoms with Gasteiger partial charge in [0.2, 0.25) is 0 Å². The summed E-state index contributed by atoms with van der Waals surface area (Å²) in [6.45, 7) is 0. The molecule has 0 aliphatic heterocycles. The van der Waals surface area contributed by atoms with Crippen LogP contribution in [0.5, 0.6) is 0 Å². The van der Waals surface area contributed by atoms with Crippen molar-refractivity contribution >= 4 is 11.9 Å². The van der Waals surface area contributed by atoms with Crippen LogP contribution in [0.2, 0.25) is 0 Å². The first-order valence-electron chi connectivity index (χ1n) is 3.17. The SMILES string of the molecule is NC(CCC(=O)[O-])CC(=O)[O-].[Na+].[Na+]. The maximum absolute atomic E-state index is 9.90. The predicted molar refractivity (Wildman–Crippen MR) is 31.8 cm³/mol. The Labute approximate surface area is 121 Å². The van der Waals surface area contributed by atoms with Crippen LogP contribution >= 0.6 is 0 Å². The molecule has 0 aliphatic carbocycles. The Kier molecular flexibility index (Phi) is 16.4. The minimum absolute atomic E-state index is 0. The number of aliphatic carboxylic acids is 2. The molecule has 0 aromatic carbocycles. The maximum atomic E-state index is 9.90. The van der Waals surface area contributed by atoms with E-state index in [1.54, 1.807) is 0 Å². The Morgan fingerprint density at radius 1 is 1.15 bits per heavy atom. The summed E-state index contributed by atoms with van der Waals surface area (Å²) in [5.41, 5.74) is 5.21. The van der Waals surface area contributed by atoms with Crippen molar-refractivity contribution in [3.63, 3.8) is 0 Å². The van der Waals surface area contributed by atoms with Gasteiger partial charge in [-0.15, -0.1) is 0 Å². The van der Waals surface area contributed by atoms with Gasteiger partial charge in [0.25, 0.3) is 0 Å². The normalized spacial score (nSPS) is 10.5. The fraction of sp³-hybridized carbons (Fsp3) is 0.667. The quantitative estimate of drug-likeness (QED) is 0.448. The van der Waals surface area contributed by atoms with Crippen molar-refractivity contribution in [2.45, 2.75) is 25.3 Å². The van der Waals surface area contributed by atoms with Crippen molar-refractivity contribution in [2.24, 2.45) is 5.73 Å². The molecular weight excluding hydrogens is 196 g/mol. The van der Waals surface area contributed by atoms with Crippen molar-refractivity contribution in [1.82, 2.24) is 0 Å². The first-order valence-corrected chi connectivity index (χ1v) is 3.17. The second-order valence-electron chi connectivity index (χ2n) is 2.25. The molecule has 0 saturated heterocycles. The Bertz CT molecular complexity index is 165. The molecular formula is C6H9NNa2O4. The zero-order valence-electron chi connectivity index (χ0n) is 7.91. The van der Waals surface area contributed by atoms with Gasteiger partial charge in [0.15, 0.2) is 0 Å². The van der Waals surface area contributed by atoms with Gasteiger partial charge in [0.1, 0.15) is 0 Å². The molecule has 7 heteroatoms. The molecule has 0 rings (SSSR count). The number of hydrogen-bond acceptors (Lipinski definition) is 5. The second kappa shape index (κ2) is 11.0. The molecule has 0 spiro atoms. The van der Waals surface area contributed by atoms with Gasteiger partial charge in [-0.25, -0.2) is 0 Å². The summed E-state index contributed by atoms with van der Waals surface area (Å²) >= 11 is 0. The summed E-state index contributed by atoms with van der Waals surface area (Å²) < 4.78 is 0. The predicted octanol–water partition coefficient (Wildman–Crippen LogP) is -9.01. The zero-order chi connectivity index (χ0) is 8.85. The molecule has 1 atom stereocenters. The minimum Gasteiger partial charge on any atom is -0.550 e. The molecule has 0 amide bonds. The summed E-state index contributed by atoms with van der Waals surface area (Å²) in [7, 11) is 0. The smallest absolute Gasteiger partial charge is 0.550 e. The summed E-state index contributed by atoms with van der Waals surface area (Å²) in [6, 6.07) is -0.655. The fourth-order valence-corrected chi connectivity index (χ4v) is 0.619. The number of hydrogen-bond donors (Lipinski definition) is 1. The van der Waals surface area contributed by atoms with Crippen LogP contribution in [0.1, 0.15) is 19.3 Å². The summed E-state index contributed by atoms with van der Waals surface area (Å²) in [5, 5.41) is 19.8. The van der Waals surface area contributed by atoms with E-state index >= 15 is 0 Å². The van der Waals surface area contributed by atoms with Crippen LogP contribution in [0, 0.1) is 0 Å². The number of rotatable bonds is 5. The fourth-order valence-electron chi connectivity index (χ4n) is 0.619. The van der Waals surface area contributed by atoms with E-state index in [0.29, 0.717) is 0 Å². The van der Waals surface area contributed by atoms with Crippen molar-refractivity contribution in [3.05, 3.63) is 0 Å². The molecule has 5 nitrogen and oxygen atoms in total. The first-order chi connectivity index (χ1) is 5.02. The van der Waals surface area contributed by atoms with Crippen LogP contribution in [0.3, 0.4) is 0 Å². The van der Waals surface area contributed by atoms with E-state index in [9.17, 15) is 19.8 Å². The van der Waals surface area contributed by atoms with E-state index in [-0.39, 0.29) is 78.4 Å². The number of carboxylic acids is 2. The van der Waals surface area contributed by atoms with E-state index in [1.165, 1.54) is 0 Å². The average Bonchev–Trinajstić information content (AvgIpc) is 1.82. The monoisotopic (exact) mass is 205 g/mol. The van der Waals surface area contributed by atoms with E-state index in [1.807, 2.05) is 0 Å². The molecule has 2 N–H and O–H groups in total. The van der Waals surface area contributed by atoms with E-state index in [2.05, 4.69) is 0 Å². The first kappa shape index (κ1) is 19.5. The van der Waals surface area contributed by atoms with Crippen molar-refractivity contribution in [3.8, 4) is 0 Å². The van der Waals surface area contributed by atoms with Crippen molar-refractivity contribution < 1.29 is 78.9 Å². The van der Waals surface area contributed by atoms with Gasteiger partial charge in [0, 0.05) is 24.4 Å². The third-order valence-corrected chi connectivity index (χ3v) is 1.15. The molecule has 0 aromatic heterocycles. The minimum atomic E-state index is -1.27. The van der Waals surface area contributed by atoms with Crippen molar-refractivity contribution in [1.29, 1.82) is 0 Å². The van der Waals surface area contributed by atoms with Gasteiger partial charge < -0.3 is 25.5 Å². The molecule has 0 fully saturated rings. The molecule has 1 unspecified atom stereocenters. The number of carbonyl (C=O) groups is 2. The third kappa shape index (κ3) is 15.6. The molecule has 0 aliphatic rings. The number of carbonyl (C=O) groups excluding carboxylic acids is 2. The number of carboxylic acid groups (broad SMARTS) is 2. The van der Waals surface area contributed by atoms with Crippen LogP contribution in [0.15, 0.2) is 0 Å². The average molecular weight is 205 g/mol. The number of nitrogens with two attached hydrogens (primary N) is 1. The Balaban J connectivity index is -0.000000500. The van der Waals surface area contributed by atoms with Crippen LogP contribution in [0.4, 0.5) is 0 Å². The molecule has 0 heterocycles. The van der Waals surface area contributed by atoms with Gasteiger partial charge in [-0.1, -0.05) is 0 Å². The van der Waals surface area contributed by atoms with Gasteiger partial charge in [-0.05, 0) is 12.8 Å². The molecule has 0 saturated carbocycles. The second-order valence-corrected chi connectivity index (χ2v) is 2.25. The van der Waals surface area contributed by atoms with Crippen LogP contribution in [-0.4, -0.2) is 18.0 Å². The van der Waals surface area contributed by atoms with Gasteiger partial charge in [0.05, 0.1) is 0 Å². The Hall–Kier alpha value is 0.900. The molecule has 13 heavy (non-hydrogen) atoms. The Morgan fingerprint density at radius 3 is 1.92 bits per heavy atom. The molecule has 0 aromatic rings. The third-order valence-electron chi connectivity index (χ3n) is 1.15. The van der Waals surface area contributed by atoms with E-state index < -0.39 is 18.0 Å². The van der Waals surface area contributed by atoms with Gasteiger partial charge >= 0.3 is 59.1 Å². The zero-order valence-corrected chi connectivity index (χ0v) is 11.9. The maximum Gasteiger partial charge on any atom is 1.00 e. The van der Waals surface area contributed by atoms with Crippen molar-refractivity contribution in [2.75, 3.05) is 0 Å². The van der Waals surface area contributed by atoms with Gasteiger partial charge in [-0.2, -0.15) is 0 Å². The molecule has 64 valence electrons. The van der Waals surface area contributed by atoms with E-state index in [4.69, 9.17) is 5.73 Å². The standard InChI is InChI=1S/C6H11NO4.2Na/c7-4(3-6(10)11)1-2-5(8)9;;/h4H,1-3,7H2,(H,8,9)(H,10,11);;/q;2*+1/p-2.